The number of carbonyl (C=O) groups is 2. The van der Waals surface area contributed by atoms with Gasteiger partial charge >= 0.3 is 5.97 Å². The van der Waals surface area contributed by atoms with E-state index < -0.39 is 12.6 Å². The van der Waals surface area contributed by atoms with Gasteiger partial charge in [0.15, 0.2) is 6.61 Å². The van der Waals surface area contributed by atoms with Crippen molar-refractivity contribution < 1.29 is 18.7 Å². The number of esters is 1. The van der Waals surface area contributed by atoms with Crippen molar-refractivity contribution in [2.24, 2.45) is 5.10 Å². The number of likely N-dealkylation sites (N-methyl/N-ethyl adjacent to an activating group) is 1. The first-order valence-corrected chi connectivity index (χ1v) is 10.6. The third-order valence-corrected chi connectivity index (χ3v) is 5.44. The number of amides is 1. The van der Waals surface area contributed by atoms with Gasteiger partial charge in [0.1, 0.15) is 11.5 Å². The highest BCUT2D eigenvalue weighted by molar-refractivity contribution is 6.37. The van der Waals surface area contributed by atoms with Crippen LogP contribution in [0.15, 0.2) is 90.0 Å². The lowest BCUT2D eigenvalue weighted by Gasteiger charge is -2.23. The smallest absolute Gasteiger partial charge is 0.355 e. The Bertz CT molecular complexity index is 1130. The Kier molecular flexibility index (Phi) is 6.78. The van der Waals surface area contributed by atoms with E-state index in [0.717, 1.165) is 16.8 Å². The van der Waals surface area contributed by atoms with Gasteiger partial charge in [-0.3, -0.25) is 9.80 Å². The van der Waals surface area contributed by atoms with Crippen LogP contribution in [-0.4, -0.2) is 36.1 Å². The molecule has 168 valence electrons. The number of anilines is 1. The van der Waals surface area contributed by atoms with Crippen LogP contribution in [0, 0.1) is 5.82 Å². The van der Waals surface area contributed by atoms with Crippen molar-refractivity contribution >= 4 is 23.3 Å². The molecular formula is C26H24FN3O3. The molecule has 4 rings (SSSR count). The zero-order valence-corrected chi connectivity index (χ0v) is 18.2. The number of rotatable bonds is 7. The van der Waals surface area contributed by atoms with E-state index in [4.69, 9.17) is 4.74 Å². The molecule has 1 heterocycles. The van der Waals surface area contributed by atoms with E-state index in [9.17, 15) is 14.0 Å². The molecule has 0 radical (unpaired) electrons. The van der Waals surface area contributed by atoms with Gasteiger partial charge in [-0.2, -0.15) is 5.10 Å². The Hall–Kier alpha value is -4.00. The van der Waals surface area contributed by atoms with E-state index in [-0.39, 0.29) is 30.0 Å². The van der Waals surface area contributed by atoms with Gasteiger partial charge in [0.25, 0.3) is 5.91 Å². The summed E-state index contributed by atoms with van der Waals surface area (Å²) >= 11 is 0. The lowest BCUT2D eigenvalue weighted by atomic mass is 10.0. The minimum Gasteiger partial charge on any atom is -0.451 e. The number of hydrogen-bond donors (Lipinski definition) is 0. The lowest BCUT2D eigenvalue weighted by Crippen LogP contribution is -2.32. The summed E-state index contributed by atoms with van der Waals surface area (Å²) < 4.78 is 18.3. The van der Waals surface area contributed by atoms with E-state index in [0.29, 0.717) is 6.42 Å². The van der Waals surface area contributed by atoms with Gasteiger partial charge in [-0.05, 0) is 35.4 Å². The summed E-state index contributed by atoms with van der Waals surface area (Å²) in [6, 6.07) is 25.2. The maximum atomic E-state index is 13.1. The van der Waals surface area contributed by atoms with E-state index in [1.54, 1.807) is 19.2 Å². The molecule has 0 aromatic heterocycles. The molecule has 0 spiro atoms. The molecule has 3 aromatic rings. The highest BCUT2D eigenvalue weighted by Crippen LogP contribution is 2.35. The van der Waals surface area contributed by atoms with Crippen molar-refractivity contribution in [1.29, 1.82) is 0 Å². The van der Waals surface area contributed by atoms with Gasteiger partial charge in [-0.1, -0.05) is 60.7 Å². The Morgan fingerprint density at radius 2 is 1.64 bits per heavy atom. The van der Waals surface area contributed by atoms with Gasteiger partial charge in [-0.25, -0.2) is 9.18 Å². The molecule has 1 aliphatic heterocycles. The van der Waals surface area contributed by atoms with Gasteiger partial charge < -0.3 is 9.64 Å². The standard InChI is InChI=1S/C26H24FN3O3/c1-29(17-19-12-14-21(27)15-13-19)25(31)18-33-26(32)23-16-24(20-8-4-2-5-9-20)30(28-23)22-10-6-3-7-11-22/h2-15,24H,16-18H2,1H3. The molecule has 6 nitrogen and oxygen atoms in total. The molecule has 1 unspecified atom stereocenters. The fourth-order valence-corrected chi connectivity index (χ4v) is 3.66. The van der Waals surface area contributed by atoms with Crippen LogP contribution in [0.5, 0.6) is 0 Å². The quantitative estimate of drug-likeness (QED) is 0.508. The summed E-state index contributed by atoms with van der Waals surface area (Å²) in [6.07, 6.45) is 0.372. The summed E-state index contributed by atoms with van der Waals surface area (Å²) in [7, 11) is 1.61. The van der Waals surface area contributed by atoms with E-state index >= 15 is 0 Å². The summed E-state index contributed by atoms with van der Waals surface area (Å²) in [4.78, 5) is 26.6. The molecule has 0 aliphatic carbocycles. The minimum absolute atomic E-state index is 0.145. The Balaban J connectivity index is 1.40. The SMILES string of the molecule is CN(Cc1ccc(F)cc1)C(=O)COC(=O)C1=NN(c2ccccc2)C(c2ccccc2)C1. The van der Waals surface area contributed by atoms with Crippen LogP contribution in [0.3, 0.4) is 0 Å². The maximum absolute atomic E-state index is 13.1. The number of carbonyl (C=O) groups excluding carboxylic acids is 2. The number of nitrogens with zero attached hydrogens (tertiary/aromatic N) is 3. The lowest BCUT2D eigenvalue weighted by molar-refractivity contribution is -0.146. The number of hydrazone groups is 1. The summed E-state index contributed by atoms with van der Waals surface area (Å²) in [5.41, 5.74) is 2.94. The molecule has 0 fully saturated rings. The third kappa shape index (κ3) is 5.44. The van der Waals surface area contributed by atoms with Crippen LogP contribution in [0.25, 0.3) is 0 Å². The van der Waals surface area contributed by atoms with Crippen LogP contribution in [0.4, 0.5) is 10.1 Å². The molecule has 3 aromatic carbocycles. The van der Waals surface area contributed by atoms with Crippen LogP contribution in [0.2, 0.25) is 0 Å². The highest BCUT2D eigenvalue weighted by Gasteiger charge is 2.33. The van der Waals surface area contributed by atoms with E-state index in [1.165, 1.54) is 17.0 Å². The molecule has 0 N–H and O–H groups in total. The number of hydrogen-bond acceptors (Lipinski definition) is 5. The van der Waals surface area contributed by atoms with Crippen molar-refractivity contribution in [3.8, 4) is 0 Å². The second-order valence-electron chi connectivity index (χ2n) is 7.81. The average Bonchev–Trinajstić information content (AvgIpc) is 3.30. The topological polar surface area (TPSA) is 62.2 Å². The molecule has 7 heteroatoms. The van der Waals surface area contributed by atoms with E-state index in [2.05, 4.69) is 5.10 Å². The fourth-order valence-electron chi connectivity index (χ4n) is 3.66. The number of benzene rings is 3. The zero-order valence-electron chi connectivity index (χ0n) is 18.2. The highest BCUT2D eigenvalue weighted by atomic mass is 19.1. The van der Waals surface area contributed by atoms with Gasteiger partial charge in [-0.15, -0.1) is 0 Å². The van der Waals surface area contributed by atoms with Crippen LogP contribution >= 0.6 is 0 Å². The summed E-state index contributed by atoms with van der Waals surface area (Å²) in [5, 5.41) is 6.34. The first-order valence-electron chi connectivity index (χ1n) is 10.6. The second kappa shape index (κ2) is 10.1. The van der Waals surface area contributed by atoms with Crippen LogP contribution in [-0.2, 0) is 20.9 Å². The molecule has 0 saturated heterocycles. The second-order valence-corrected chi connectivity index (χ2v) is 7.81. The zero-order chi connectivity index (χ0) is 23.2. The molecule has 0 bridgehead atoms. The molecule has 0 saturated carbocycles. The Labute approximate surface area is 191 Å². The largest absolute Gasteiger partial charge is 0.451 e. The van der Waals surface area contributed by atoms with Crippen molar-refractivity contribution in [2.75, 3.05) is 18.7 Å². The number of ether oxygens (including phenoxy) is 1. The van der Waals surface area contributed by atoms with E-state index in [1.807, 2.05) is 65.7 Å². The van der Waals surface area contributed by atoms with Crippen LogP contribution in [0.1, 0.15) is 23.6 Å². The number of halogens is 1. The normalized spacial score (nSPS) is 15.2. The fraction of sp³-hybridized carbons (Fsp3) is 0.192. The molecule has 1 amide bonds. The van der Waals surface area contributed by atoms with Crippen molar-refractivity contribution in [2.45, 2.75) is 19.0 Å². The van der Waals surface area contributed by atoms with Gasteiger partial charge in [0.05, 0.1) is 11.7 Å². The van der Waals surface area contributed by atoms with Crippen molar-refractivity contribution in [3.63, 3.8) is 0 Å². The number of para-hydroxylation sites is 1. The minimum atomic E-state index is -0.613. The van der Waals surface area contributed by atoms with Gasteiger partial charge in [0.2, 0.25) is 0 Å². The molecular weight excluding hydrogens is 421 g/mol. The van der Waals surface area contributed by atoms with Crippen molar-refractivity contribution in [1.82, 2.24) is 4.90 Å². The van der Waals surface area contributed by atoms with Gasteiger partial charge in [0, 0.05) is 20.0 Å². The predicted octanol–water partition coefficient (Wildman–Crippen LogP) is 4.33. The van der Waals surface area contributed by atoms with Crippen molar-refractivity contribution in [3.05, 3.63) is 102 Å². The first kappa shape index (κ1) is 22.2. The monoisotopic (exact) mass is 445 g/mol. The Morgan fingerprint density at radius 3 is 2.30 bits per heavy atom. The Morgan fingerprint density at radius 1 is 1.00 bits per heavy atom. The predicted molar refractivity (Wildman–Crippen MR) is 124 cm³/mol. The third-order valence-electron chi connectivity index (χ3n) is 5.44. The average molecular weight is 445 g/mol. The molecule has 1 aliphatic rings. The molecule has 1 atom stereocenters. The summed E-state index contributed by atoms with van der Waals surface area (Å²) in [6.45, 7) is -0.105. The summed E-state index contributed by atoms with van der Waals surface area (Å²) in [5.74, 6) is -1.30. The first-order chi connectivity index (χ1) is 16.0. The molecule has 33 heavy (non-hydrogen) atoms. The van der Waals surface area contributed by atoms with Crippen LogP contribution < -0.4 is 5.01 Å². The maximum Gasteiger partial charge on any atom is 0.355 e.